The number of likely N-dealkylation sites (tertiary alicyclic amines) is 1. The van der Waals surface area contributed by atoms with Gasteiger partial charge in [-0.1, -0.05) is 42.1 Å². The molecule has 0 aliphatic carbocycles. The van der Waals surface area contributed by atoms with Gasteiger partial charge in [0.25, 0.3) is 5.56 Å². The number of thioether (sulfide) groups is 1. The number of hydrogen-bond acceptors (Lipinski definition) is 4. The monoisotopic (exact) mass is 407 g/mol. The Morgan fingerprint density at radius 1 is 1.03 bits per heavy atom. The highest BCUT2D eigenvalue weighted by Crippen LogP contribution is 2.26. The molecule has 1 saturated heterocycles. The van der Waals surface area contributed by atoms with E-state index in [0.29, 0.717) is 16.1 Å². The molecule has 0 N–H and O–H groups in total. The van der Waals surface area contributed by atoms with Gasteiger partial charge < -0.3 is 4.90 Å². The highest BCUT2D eigenvalue weighted by Gasteiger charge is 2.29. The van der Waals surface area contributed by atoms with Gasteiger partial charge in [0, 0.05) is 12.1 Å². The average molecular weight is 408 g/mol. The molecular weight excluding hydrogens is 382 g/mol. The first-order chi connectivity index (χ1) is 14.1. The Bertz CT molecular complexity index is 1070. The van der Waals surface area contributed by atoms with Crippen LogP contribution in [0.25, 0.3) is 16.6 Å². The predicted molar refractivity (Wildman–Crippen MR) is 118 cm³/mol. The van der Waals surface area contributed by atoms with Gasteiger partial charge in [-0.2, -0.15) is 0 Å². The Hall–Kier alpha value is -2.60. The Balaban J connectivity index is 1.69. The van der Waals surface area contributed by atoms with Crippen LogP contribution in [0, 0.1) is 0 Å². The van der Waals surface area contributed by atoms with E-state index in [1.165, 1.54) is 18.2 Å². The number of fused-ring (bicyclic) bond motifs is 1. The Morgan fingerprint density at radius 2 is 1.69 bits per heavy atom. The lowest BCUT2D eigenvalue weighted by Gasteiger charge is -2.39. The molecule has 1 aliphatic rings. The van der Waals surface area contributed by atoms with Crippen LogP contribution in [0.4, 0.5) is 0 Å². The van der Waals surface area contributed by atoms with E-state index in [1.54, 1.807) is 10.6 Å². The van der Waals surface area contributed by atoms with E-state index in [2.05, 4.69) is 13.8 Å². The van der Waals surface area contributed by atoms with Gasteiger partial charge in [-0.25, -0.2) is 4.98 Å². The van der Waals surface area contributed by atoms with Crippen molar-refractivity contribution in [2.24, 2.45) is 0 Å². The van der Waals surface area contributed by atoms with Crippen LogP contribution in [0.3, 0.4) is 0 Å². The lowest BCUT2D eigenvalue weighted by molar-refractivity contribution is -0.134. The van der Waals surface area contributed by atoms with Gasteiger partial charge >= 0.3 is 0 Å². The minimum atomic E-state index is -0.114. The molecule has 5 nitrogen and oxygen atoms in total. The molecule has 0 spiro atoms. The highest BCUT2D eigenvalue weighted by atomic mass is 32.2. The summed E-state index contributed by atoms with van der Waals surface area (Å²) in [6.45, 7) is 4.23. The summed E-state index contributed by atoms with van der Waals surface area (Å²) in [5, 5.41) is 1.12. The lowest BCUT2D eigenvalue weighted by atomic mass is 9.98. The van der Waals surface area contributed by atoms with Crippen LogP contribution < -0.4 is 5.56 Å². The van der Waals surface area contributed by atoms with E-state index >= 15 is 0 Å². The first-order valence-electron chi connectivity index (χ1n) is 10.1. The van der Waals surface area contributed by atoms with Crippen molar-refractivity contribution in [2.75, 3.05) is 5.75 Å². The van der Waals surface area contributed by atoms with E-state index in [-0.39, 0.29) is 29.3 Å². The number of rotatable bonds is 4. The van der Waals surface area contributed by atoms with Gasteiger partial charge in [-0.05, 0) is 57.4 Å². The van der Waals surface area contributed by atoms with Gasteiger partial charge in [0.15, 0.2) is 5.16 Å². The molecule has 0 bridgehead atoms. The lowest BCUT2D eigenvalue weighted by Crippen LogP contribution is -2.48. The third-order valence-electron chi connectivity index (χ3n) is 5.57. The number of hydrogen-bond donors (Lipinski definition) is 0. The summed E-state index contributed by atoms with van der Waals surface area (Å²) >= 11 is 1.34. The molecule has 1 amide bonds. The second kappa shape index (κ2) is 8.41. The third kappa shape index (κ3) is 3.94. The minimum absolute atomic E-state index is 0.108. The van der Waals surface area contributed by atoms with Crippen molar-refractivity contribution < 1.29 is 4.79 Å². The van der Waals surface area contributed by atoms with Crippen LogP contribution in [-0.2, 0) is 4.79 Å². The topological polar surface area (TPSA) is 55.2 Å². The molecule has 1 aromatic heterocycles. The van der Waals surface area contributed by atoms with Crippen LogP contribution in [-0.4, -0.2) is 38.2 Å². The van der Waals surface area contributed by atoms with Crippen LogP contribution in [0.15, 0.2) is 64.5 Å². The summed E-state index contributed by atoms with van der Waals surface area (Å²) in [6, 6.07) is 17.3. The summed E-state index contributed by atoms with van der Waals surface area (Å²) in [6.07, 6.45) is 3.26. The highest BCUT2D eigenvalue weighted by molar-refractivity contribution is 7.99. The fraction of sp³-hybridized carbons (Fsp3) is 0.348. The molecule has 3 aromatic rings. The number of amides is 1. The molecule has 2 atom stereocenters. The van der Waals surface area contributed by atoms with Gasteiger partial charge in [-0.3, -0.25) is 14.2 Å². The number of aromatic nitrogens is 2. The number of carbonyl (C=O) groups is 1. The van der Waals surface area contributed by atoms with Crippen LogP contribution in [0.2, 0.25) is 0 Å². The summed E-state index contributed by atoms with van der Waals surface area (Å²) in [7, 11) is 0. The molecule has 2 heterocycles. The number of piperidine rings is 1. The van der Waals surface area contributed by atoms with E-state index in [0.717, 1.165) is 18.5 Å². The molecule has 1 fully saturated rings. The first kappa shape index (κ1) is 19.7. The zero-order valence-corrected chi connectivity index (χ0v) is 17.6. The molecular formula is C23H25N3O2S. The van der Waals surface area contributed by atoms with E-state index < -0.39 is 0 Å². The number of para-hydroxylation sites is 2. The molecule has 0 saturated carbocycles. The van der Waals surface area contributed by atoms with E-state index in [9.17, 15) is 9.59 Å². The van der Waals surface area contributed by atoms with E-state index in [1.807, 2.05) is 53.4 Å². The maximum absolute atomic E-state index is 13.2. The summed E-state index contributed by atoms with van der Waals surface area (Å²) in [5.74, 6) is 0.378. The second-order valence-electron chi connectivity index (χ2n) is 7.61. The predicted octanol–water partition coefficient (Wildman–Crippen LogP) is 4.27. The molecule has 6 heteroatoms. The molecule has 2 aromatic carbocycles. The van der Waals surface area contributed by atoms with E-state index in [4.69, 9.17) is 4.98 Å². The minimum Gasteiger partial charge on any atom is -0.337 e. The smallest absolute Gasteiger partial charge is 0.266 e. The van der Waals surface area contributed by atoms with Crippen LogP contribution in [0.5, 0.6) is 0 Å². The zero-order valence-electron chi connectivity index (χ0n) is 16.7. The normalized spacial score (nSPS) is 19.4. The van der Waals surface area contributed by atoms with Crippen molar-refractivity contribution in [1.29, 1.82) is 0 Å². The molecule has 150 valence electrons. The molecule has 29 heavy (non-hydrogen) atoms. The first-order valence-corrected chi connectivity index (χ1v) is 11.1. The largest absolute Gasteiger partial charge is 0.337 e. The maximum atomic E-state index is 13.2. The van der Waals surface area contributed by atoms with Crippen molar-refractivity contribution in [1.82, 2.24) is 14.5 Å². The Labute approximate surface area is 174 Å². The van der Waals surface area contributed by atoms with Crippen molar-refractivity contribution >= 4 is 28.6 Å². The summed E-state index contributed by atoms with van der Waals surface area (Å²) < 4.78 is 1.61. The number of benzene rings is 2. The third-order valence-corrected chi connectivity index (χ3v) is 6.49. The standard InChI is InChI=1S/C23H25N3O2S/c1-16-9-8-10-17(2)25(16)21(27)15-29-23-24-20-14-7-6-13-19(20)22(28)26(23)18-11-4-3-5-12-18/h3-7,11-14,16-17H,8-10,15H2,1-2H3/t16-,17+. The quantitative estimate of drug-likeness (QED) is 0.479. The maximum Gasteiger partial charge on any atom is 0.266 e. The van der Waals surface area contributed by atoms with Crippen molar-refractivity contribution in [3.63, 3.8) is 0 Å². The van der Waals surface area contributed by atoms with Crippen molar-refractivity contribution in [3.05, 3.63) is 65.0 Å². The summed E-state index contributed by atoms with van der Waals surface area (Å²) in [4.78, 5) is 32.9. The number of carbonyl (C=O) groups excluding carboxylic acids is 1. The van der Waals surface area contributed by atoms with Gasteiger partial charge in [-0.15, -0.1) is 0 Å². The second-order valence-corrected chi connectivity index (χ2v) is 8.55. The van der Waals surface area contributed by atoms with Crippen LogP contribution in [0.1, 0.15) is 33.1 Å². The fourth-order valence-corrected chi connectivity index (χ4v) is 5.01. The van der Waals surface area contributed by atoms with Crippen molar-refractivity contribution in [3.8, 4) is 5.69 Å². The summed E-state index contributed by atoms with van der Waals surface area (Å²) in [5.41, 5.74) is 1.29. The average Bonchev–Trinajstić information content (AvgIpc) is 2.73. The number of nitrogens with zero attached hydrogens (tertiary/aromatic N) is 3. The molecule has 1 aliphatic heterocycles. The van der Waals surface area contributed by atoms with Crippen LogP contribution >= 0.6 is 11.8 Å². The fourth-order valence-electron chi connectivity index (χ4n) is 4.13. The zero-order chi connectivity index (χ0) is 20.4. The van der Waals surface area contributed by atoms with Gasteiger partial charge in [0.05, 0.1) is 22.3 Å². The molecule has 4 rings (SSSR count). The molecule has 0 radical (unpaired) electrons. The van der Waals surface area contributed by atoms with Crippen molar-refractivity contribution in [2.45, 2.75) is 50.4 Å². The molecule has 0 unspecified atom stereocenters. The SMILES string of the molecule is C[C@@H]1CCC[C@H](C)N1C(=O)CSc1nc2ccccc2c(=O)n1-c1ccccc1. The Morgan fingerprint density at radius 3 is 2.41 bits per heavy atom. The van der Waals surface area contributed by atoms with Gasteiger partial charge in [0.1, 0.15) is 0 Å². The Kier molecular flexibility index (Phi) is 5.72. The van der Waals surface area contributed by atoms with Gasteiger partial charge in [0.2, 0.25) is 5.91 Å².